The molecule has 3 heteroatoms. The zero-order valence-electron chi connectivity index (χ0n) is 9.65. The number of para-hydroxylation sites is 1. The predicted octanol–water partition coefficient (Wildman–Crippen LogP) is 1.26. The zero-order valence-corrected chi connectivity index (χ0v) is 9.65. The van der Waals surface area contributed by atoms with E-state index in [9.17, 15) is 0 Å². The van der Waals surface area contributed by atoms with Gasteiger partial charge >= 0.3 is 0 Å². The van der Waals surface area contributed by atoms with Crippen LogP contribution in [0.5, 0.6) is 0 Å². The van der Waals surface area contributed by atoms with Crippen molar-refractivity contribution in [2.75, 3.05) is 37.7 Å². The highest BCUT2D eigenvalue weighted by Crippen LogP contribution is 2.27. The van der Waals surface area contributed by atoms with Crippen LogP contribution < -0.4 is 10.3 Å². The minimum Gasteiger partial charge on any atom is -0.314 e. The van der Waals surface area contributed by atoms with Gasteiger partial charge < -0.3 is 10.3 Å². The third-order valence-electron chi connectivity index (χ3n) is 3.52. The second-order valence-electron chi connectivity index (χ2n) is 4.56. The van der Waals surface area contributed by atoms with E-state index in [-0.39, 0.29) is 0 Å². The highest BCUT2D eigenvalue weighted by Gasteiger charge is 2.22. The Kier molecular flexibility index (Phi) is 2.80. The SMILES string of the molecule is c1ccc2c(c1)CCCN2N1CCNCC1. The fourth-order valence-electron chi connectivity index (χ4n) is 2.70. The molecule has 1 fully saturated rings. The lowest BCUT2D eigenvalue weighted by Crippen LogP contribution is -2.54. The van der Waals surface area contributed by atoms with Gasteiger partial charge in [0, 0.05) is 32.7 Å². The fraction of sp³-hybridized carbons (Fsp3) is 0.538. The Morgan fingerprint density at radius 2 is 1.81 bits per heavy atom. The normalized spacial score (nSPS) is 21.9. The fourth-order valence-corrected chi connectivity index (χ4v) is 2.70. The Hall–Kier alpha value is -1.06. The molecular formula is C13H19N3. The lowest BCUT2D eigenvalue weighted by molar-refractivity contribution is 0.215. The maximum atomic E-state index is 3.41. The molecule has 1 aromatic rings. The molecule has 0 radical (unpaired) electrons. The Morgan fingerprint density at radius 1 is 1.00 bits per heavy atom. The summed E-state index contributed by atoms with van der Waals surface area (Å²) < 4.78 is 0. The summed E-state index contributed by atoms with van der Waals surface area (Å²) >= 11 is 0. The van der Waals surface area contributed by atoms with Crippen LogP contribution in [0.1, 0.15) is 12.0 Å². The molecule has 16 heavy (non-hydrogen) atoms. The van der Waals surface area contributed by atoms with Crippen LogP contribution >= 0.6 is 0 Å². The van der Waals surface area contributed by atoms with Crippen LogP contribution in [0.25, 0.3) is 0 Å². The van der Waals surface area contributed by atoms with E-state index in [1.807, 2.05) is 0 Å². The van der Waals surface area contributed by atoms with Crippen LogP contribution in [-0.4, -0.2) is 37.7 Å². The van der Waals surface area contributed by atoms with E-state index >= 15 is 0 Å². The molecular weight excluding hydrogens is 198 g/mol. The number of rotatable bonds is 1. The Labute approximate surface area is 97.0 Å². The van der Waals surface area contributed by atoms with E-state index < -0.39 is 0 Å². The summed E-state index contributed by atoms with van der Waals surface area (Å²) in [5, 5.41) is 8.39. The first kappa shape index (κ1) is 10.1. The first-order chi connectivity index (χ1) is 7.95. The molecule has 0 saturated carbocycles. The molecule has 1 aromatic carbocycles. The van der Waals surface area contributed by atoms with Crippen molar-refractivity contribution < 1.29 is 0 Å². The molecule has 2 aliphatic heterocycles. The van der Waals surface area contributed by atoms with E-state index in [1.165, 1.54) is 30.6 Å². The molecule has 1 saturated heterocycles. The molecule has 0 atom stereocenters. The van der Waals surface area contributed by atoms with Gasteiger partial charge in [0.25, 0.3) is 0 Å². The second-order valence-corrected chi connectivity index (χ2v) is 4.56. The van der Waals surface area contributed by atoms with Gasteiger partial charge in [-0.2, -0.15) is 0 Å². The summed E-state index contributed by atoms with van der Waals surface area (Å²) in [6.45, 7) is 5.66. The Morgan fingerprint density at radius 3 is 2.69 bits per heavy atom. The highest BCUT2D eigenvalue weighted by atomic mass is 15.6. The first-order valence-corrected chi connectivity index (χ1v) is 6.26. The van der Waals surface area contributed by atoms with Crippen molar-refractivity contribution in [3.05, 3.63) is 29.8 Å². The maximum absolute atomic E-state index is 3.41. The second kappa shape index (κ2) is 4.44. The Bertz CT molecular complexity index is 358. The van der Waals surface area contributed by atoms with E-state index in [1.54, 1.807) is 0 Å². The smallest absolute Gasteiger partial charge is 0.0554 e. The lowest BCUT2D eigenvalue weighted by atomic mass is 10.0. The van der Waals surface area contributed by atoms with E-state index in [0.29, 0.717) is 0 Å². The zero-order chi connectivity index (χ0) is 10.8. The van der Waals surface area contributed by atoms with Gasteiger partial charge in [-0.1, -0.05) is 18.2 Å². The molecule has 1 N–H and O–H groups in total. The number of nitrogens with one attached hydrogen (secondary N) is 1. The highest BCUT2D eigenvalue weighted by molar-refractivity contribution is 5.54. The van der Waals surface area contributed by atoms with Gasteiger partial charge in [0.15, 0.2) is 0 Å². The van der Waals surface area contributed by atoms with Crippen molar-refractivity contribution in [1.29, 1.82) is 0 Å². The minimum absolute atomic E-state index is 1.11. The van der Waals surface area contributed by atoms with Crippen molar-refractivity contribution in [2.24, 2.45) is 0 Å². The third-order valence-corrected chi connectivity index (χ3v) is 3.52. The van der Waals surface area contributed by atoms with Crippen LogP contribution in [0, 0.1) is 0 Å². The molecule has 2 aliphatic rings. The predicted molar refractivity (Wildman–Crippen MR) is 66.6 cm³/mol. The van der Waals surface area contributed by atoms with Gasteiger partial charge in [0.2, 0.25) is 0 Å². The van der Waals surface area contributed by atoms with Crippen LogP contribution in [0.4, 0.5) is 5.69 Å². The monoisotopic (exact) mass is 217 g/mol. The molecule has 3 nitrogen and oxygen atoms in total. The van der Waals surface area contributed by atoms with Crippen LogP contribution in [0.3, 0.4) is 0 Å². The van der Waals surface area contributed by atoms with Crippen molar-refractivity contribution in [2.45, 2.75) is 12.8 Å². The largest absolute Gasteiger partial charge is 0.314 e. The third kappa shape index (κ3) is 1.81. The molecule has 0 spiro atoms. The number of hydrazine groups is 1. The number of aryl methyl sites for hydroxylation is 1. The summed E-state index contributed by atoms with van der Waals surface area (Å²) in [5.41, 5.74) is 2.93. The summed E-state index contributed by atoms with van der Waals surface area (Å²) in [7, 11) is 0. The van der Waals surface area contributed by atoms with Crippen LogP contribution in [-0.2, 0) is 6.42 Å². The quantitative estimate of drug-likeness (QED) is 0.764. The summed E-state index contributed by atoms with van der Waals surface area (Å²) in [6, 6.07) is 8.83. The number of benzene rings is 1. The van der Waals surface area contributed by atoms with Gasteiger partial charge in [0.1, 0.15) is 0 Å². The number of hydrogen-bond acceptors (Lipinski definition) is 3. The number of piperazine rings is 1. The molecule has 0 bridgehead atoms. The molecule has 0 aliphatic carbocycles. The van der Waals surface area contributed by atoms with Crippen LogP contribution in [0.2, 0.25) is 0 Å². The first-order valence-electron chi connectivity index (χ1n) is 6.26. The van der Waals surface area contributed by atoms with E-state index in [0.717, 1.165) is 26.2 Å². The molecule has 2 heterocycles. The molecule has 0 aromatic heterocycles. The molecule has 0 amide bonds. The number of hydrogen-bond donors (Lipinski definition) is 1. The van der Waals surface area contributed by atoms with Crippen molar-refractivity contribution in [3.63, 3.8) is 0 Å². The summed E-state index contributed by atoms with van der Waals surface area (Å²) in [5.74, 6) is 0. The van der Waals surface area contributed by atoms with Gasteiger partial charge in [0.05, 0.1) is 5.69 Å². The Balaban J connectivity index is 1.86. The lowest BCUT2D eigenvalue weighted by Gasteiger charge is -2.42. The van der Waals surface area contributed by atoms with Crippen molar-refractivity contribution >= 4 is 5.69 Å². The molecule has 0 unspecified atom stereocenters. The van der Waals surface area contributed by atoms with Gasteiger partial charge in [-0.25, -0.2) is 5.01 Å². The van der Waals surface area contributed by atoms with E-state index in [4.69, 9.17) is 0 Å². The summed E-state index contributed by atoms with van der Waals surface area (Å²) in [6.07, 6.45) is 2.51. The van der Waals surface area contributed by atoms with Gasteiger partial charge in [-0.15, -0.1) is 0 Å². The maximum Gasteiger partial charge on any atom is 0.0554 e. The van der Waals surface area contributed by atoms with Gasteiger partial charge in [-0.05, 0) is 24.5 Å². The molecule has 86 valence electrons. The number of anilines is 1. The van der Waals surface area contributed by atoms with Crippen molar-refractivity contribution in [3.8, 4) is 0 Å². The topological polar surface area (TPSA) is 18.5 Å². The van der Waals surface area contributed by atoms with Crippen LogP contribution in [0.15, 0.2) is 24.3 Å². The van der Waals surface area contributed by atoms with Gasteiger partial charge in [-0.3, -0.25) is 0 Å². The summed E-state index contributed by atoms with van der Waals surface area (Å²) in [4.78, 5) is 0. The average molecular weight is 217 g/mol. The van der Waals surface area contributed by atoms with Crippen molar-refractivity contribution in [1.82, 2.24) is 10.3 Å². The number of fused-ring (bicyclic) bond motifs is 1. The minimum atomic E-state index is 1.11. The number of nitrogens with zero attached hydrogens (tertiary/aromatic N) is 2. The standard InChI is InChI=1S/C13H19N3/c1-2-6-13-12(4-1)5-3-9-16(13)15-10-7-14-8-11-15/h1-2,4,6,14H,3,5,7-11H2. The molecule has 3 rings (SSSR count). The average Bonchev–Trinajstić information content (AvgIpc) is 2.39. The van der Waals surface area contributed by atoms with E-state index in [2.05, 4.69) is 39.6 Å².